The third-order valence-corrected chi connectivity index (χ3v) is 7.69. The largest absolute Gasteiger partial charge is 0.352 e. The molecule has 3 aromatic carbocycles. The highest BCUT2D eigenvalue weighted by Crippen LogP contribution is 2.32. The van der Waals surface area contributed by atoms with E-state index < -0.39 is 11.6 Å². The minimum absolute atomic E-state index is 0.142. The molecular weight excluding hydrogens is 509 g/mol. The van der Waals surface area contributed by atoms with Crippen molar-refractivity contribution >= 4 is 0 Å². The number of aryl methyl sites for hydroxylation is 1. The van der Waals surface area contributed by atoms with Gasteiger partial charge >= 0.3 is 0 Å². The second kappa shape index (κ2) is 15.2. The smallest absolute Gasteiger partial charge is 0.166 e. The lowest BCUT2D eigenvalue weighted by molar-refractivity contribution is -0.190. The average Bonchev–Trinajstić information content (AvgIpc) is 2.98. The topological polar surface area (TPSA) is 18.5 Å². The number of rotatable bonds is 13. The quantitative estimate of drug-likeness (QED) is 0.156. The first-order chi connectivity index (χ1) is 19.5. The maximum atomic E-state index is 15.1. The Morgan fingerprint density at radius 2 is 1.48 bits per heavy atom. The first-order valence-corrected chi connectivity index (χ1v) is 14.7. The Hall–Kier alpha value is -2.89. The summed E-state index contributed by atoms with van der Waals surface area (Å²) in [7, 11) is 0. The van der Waals surface area contributed by atoms with Gasteiger partial charge in [-0.25, -0.2) is 13.2 Å². The predicted molar refractivity (Wildman–Crippen MR) is 157 cm³/mol. The van der Waals surface area contributed by atoms with Gasteiger partial charge in [-0.15, -0.1) is 0 Å². The molecule has 0 aliphatic carbocycles. The van der Waals surface area contributed by atoms with Crippen molar-refractivity contribution in [2.75, 3.05) is 13.2 Å². The van der Waals surface area contributed by atoms with E-state index in [-0.39, 0.29) is 23.6 Å². The van der Waals surface area contributed by atoms with Crippen molar-refractivity contribution in [2.45, 2.75) is 83.8 Å². The molecular formula is C35H41F3O2. The van der Waals surface area contributed by atoms with Gasteiger partial charge in [0.1, 0.15) is 5.82 Å². The van der Waals surface area contributed by atoms with E-state index in [2.05, 4.69) is 6.92 Å². The van der Waals surface area contributed by atoms with Crippen molar-refractivity contribution in [2.24, 2.45) is 0 Å². The summed E-state index contributed by atoms with van der Waals surface area (Å²) in [6.45, 7) is 5.04. The lowest BCUT2D eigenvalue weighted by atomic mass is 9.94. The highest BCUT2D eigenvalue weighted by atomic mass is 19.2. The van der Waals surface area contributed by atoms with Crippen molar-refractivity contribution < 1.29 is 22.6 Å². The van der Waals surface area contributed by atoms with Crippen molar-refractivity contribution in [3.63, 3.8) is 0 Å². The van der Waals surface area contributed by atoms with Crippen LogP contribution in [0.4, 0.5) is 13.2 Å². The standard InChI is InChI=1S/C35H41F3O2/c1-3-5-7-9-11-13-33-39-23-29(24-40-33)30-20-19-28(22-32(30)36)25-14-16-26(17-15-25)31-21-18-27(34(37)35(31)38)12-10-8-6-4-2/h4,6,14-22,29,33H,3,5,7-13,23-24H2,1-2H3/b6-4-. The van der Waals surface area contributed by atoms with Crippen LogP contribution in [0.3, 0.4) is 0 Å². The molecule has 4 rings (SSSR count). The van der Waals surface area contributed by atoms with Gasteiger partial charge in [-0.05, 0) is 72.9 Å². The third-order valence-electron chi connectivity index (χ3n) is 7.69. The predicted octanol–water partition coefficient (Wildman–Crippen LogP) is 10.2. The molecule has 0 radical (unpaired) electrons. The van der Waals surface area contributed by atoms with Gasteiger partial charge < -0.3 is 9.47 Å². The maximum Gasteiger partial charge on any atom is 0.166 e. The van der Waals surface area contributed by atoms with Crippen molar-refractivity contribution in [3.8, 4) is 22.3 Å². The molecule has 214 valence electrons. The van der Waals surface area contributed by atoms with Gasteiger partial charge in [0.05, 0.1) is 13.2 Å². The fourth-order valence-corrected chi connectivity index (χ4v) is 5.27. The van der Waals surface area contributed by atoms with Crippen LogP contribution in [0.1, 0.15) is 82.3 Å². The van der Waals surface area contributed by atoms with Crippen LogP contribution in [-0.4, -0.2) is 19.5 Å². The van der Waals surface area contributed by atoms with E-state index in [4.69, 9.17) is 9.47 Å². The van der Waals surface area contributed by atoms with Gasteiger partial charge in [0.2, 0.25) is 0 Å². The van der Waals surface area contributed by atoms with Crippen LogP contribution in [-0.2, 0) is 15.9 Å². The number of halogens is 3. The number of hydrogen-bond donors (Lipinski definition) is 0. The van der Waals surface area contributed by atoms with Crippen LogP contribution < -0.4 is 0 Å². The lowest BCUT2D eigenvalue weighted by Gasteiger charge is -2.30. The van der Waals surface area contributed by atoms with Gasteiger partial charge in [-0.3, -0.25) is 0 Å². The number of ether oxygens (including phenoxy) is 2. The Labute approximate surface area is 237 Å². The summed E-state index contributed by atoms with van der Waals surface area (Å²) in [5.74, 6) is -2.05. The molecule has 1 saturated heterocycles. The van der Waals surface area contributed by atoms with Gasteiger partial charge in [0.15, 0.2) is 17.9 Å². The first kappa shape index (κ1) is 30.1. The summed E-state index contributed by atoms with van der Waals surface area (Å²) in [5.41, 5.74) is 3.30. The lowest BCUT2D eigenvalue weighted by Crippen LogP contribution is -2.31. The molecule has 1 aliphatic heterocycles. The summed E-state index contributed by atoms with van der Waals surface area (Å²) < 4.78 is 56.5. The fourth-order valence-electron chi connectivity index (χ4n) is 5.27. The Kier molecular flexibility index (Phi) is 11.4. The molecule has 1 heterocycles. The van der Waals surface area contributed by atoms with Crippen molar-refractivity contribution in [1.29, 1.82) is 0 Å². The minimum Gasteiger partial charge on any atom is -0.352 e. The van der Waals surface area contributed by atoms with Crippen LogP contribution in [0.5, 0.6) is 0 Å². The highest BCUT2D eigenvalue weighted by Gasteiger charge is 2.25. The Morgan fingerprint density at radius 1 is 0.775 bits per heavy atom. The average molecular weight is 551 g/mol. The van der Waals surface area contributed by atoms with Crippen LogP contribution in [0.25, 0.3) is 22.3 Å². The first-order valence-electron chi connectivity index (χ1n) is 14.7. The van der Waals surface area contributed by atoms with Crippen LogP contribution in [0.2, 0.25) is 0 Å². The van der Waals surface area contributed by atoms with Gasteiger partial charge in [0, 0.05) is 11.5 Å². The zero-order chi connectivity index (χ0) is 28.3. The van der Waals surface area contributed by atoms with Gasteiger partial charge in [-0.2, -0.15) is 0 Å². The zero-order valence-corrected chi connectivity index (χ0v) is 23.7. The number of hydrogen-bond acceptors (Lipinski definition) is 2. The number of benzene rings is 3. The monoisotopic (exact) mass is 550 g/mol. The fraction of sp³-hybridized carbons (Fsp3) is 0.429. The van der Waals surface area contributed by atoms with Crippen LogP contribution in [0, 0.1) is 17.5 Å². The second-order valence-corrected chi connectivity index (χ2v) is 10.7. The summed E-state index contributed by atoms with van der Waals surface area (Å²) in [6, 6.07) is 15.6. The molecule has 1 fully saturated rings. The summed E-state index contributed by atoms with van der Waals surface area (Å²) in [5, 5.41) is 0. The molecule has 0 saturated carbocycles. The van der Waals surface area contributed by atoms with E-state index in [0.717, 1.165) is 36.8 Å². The van der Waals surface area contributed by atoms with Gasteiger partial charge in [-0.1, -0.05) is 93.3 Å². The minimum atomic E-state index is -0.831. The van der Waals surface area contributed by atoms with Crippen molar-refractivity contribution in [1.82, 2.24) is 0 Å². The van der Waals surface area contributed by atoms with E-state index in [9.17, 15) is 8.78 Å². The molecule has 0 aromatic heterocycles. The summed E-state index contributed by atoms with van der Waals surface area (Å²) in [4.78, 5) is 0. The molecule has 3 aromatic rings. The second-order valence-electron chi connectivity index (χ2n) is 10.7. The van der Waals surface area contributed by atoms with Crippen molar-refractivity contribution in [3.05, 3.63) is 95.3 Å². The Morgan fingerprint density at radius 3 is 2.17 bits per heavy atom. The Balaban J connectivity index is 1.36. The molecule has 0 atom stereocenters. The molecule has 1 aliphatic rings. The van der Waals surface area contributed by atoms with Crippen LogP contribution >= 0.6 is 0 Å². The Bertz CT molecular complexity index is 1240. The summed E-state index contributed by atoms with van der Waals surface area (Å²) >= 11 is 0. The SMILES string of the molecule is C/C=C\CCCc1ccc(-c2ccc(-c3ccc(C4COC(CCCCCCC)OC4)c(F)c3)cc2)c(F)c1F. The molecule has 40 heavy (non-hydrogen) atoms. The molecule has 0 amide bonds. The van der Waals surface area contributed by atoms with E-state index in [1.54, 1.807) is 30.3 Å². The molecule has 0 N–H and O–H groups in total. The highest BCUT2D eigenvalue weighted by molar-refractivity contribution is 5.71. The number of unbranched alkanes of at least 4 members (excludes halogenated alkanes) is 5. The third kappa shape index (κ3) is 7.86. The summed E-state index contributed by atoms with van der Waals surface area (Å²) in [6.07, 6.45) is 12.8. The molecule has 2 nitrogen and oxygen atoms in total. The van der Waals surface area contributed by atoms with E-state index in [0.29, 0.717) is 36.3 Å². The molecule has 0 unspecified atom stereocenters. The molecule has 0 spiro atoms. The maximum absolute atomic E-state index is 15.1. The number of allylic oxidation sites excluding steroid dienone is 2. The van der Waals surface area contributed by atoms with E-state index in [1.165, 1.54) is 31.7 Å². The van der Waals surface area contributed by atoms with Gasteiger partial charge in [0.25, 0.3) is 0 Å². The van der Waals surface area contributed by atoms with E-state index >= 15 is 4.39 Å². The molecule has 0 bridgehead atoms. The molecule has 5 heteroatoms. The zero-order valence-electron chi connectivity index (χ0n) is 23.7. The normalized spacial score (nSPS) is 17.5. The van der Waals surface area contributed by atoms with Crippen LogP contribution in [0.15, 0.2) is 66.7 Å². The van der Waals surface area contributed by atoms with E-state index in [1.807, 2.05) is 37.3 Å².